The van der Waals surface area contributed by atoms with Gasteiger partial charge in [0.25, 0.3) is 0 Å². The number of nitrogens with two attached hydrogens (primary N) is 2. The maximum absolute atomic E-state index is 14.4. The smallest absolute Gasteiger partial charge is 0.236 e. The van der Waals surface area contributed by atoms with E-state index >= 15 is 0 Å². The van der Waals surface area contributed by atoms with Crippen molar-refractivity contribution in [2.24, 2.45) is 7.05 Å². The Hall–Kier alpha value is -2.94. The third-order valence-electron chi connectivity index (χ3n) is 3.21. The molecule has 0 aliphatic heterocycles. The van der Waals surface area contributed by atoms with Crippen LogP contribution in [0.3, 0.4) is 0 Å². The molecule has 0 bridgehead atoms. The van der Waals surface area contributed by atoms with Crippen LogP contribution in [0.25, 0.3) is 0 Å². The van der Waals surface area contributed by atoms with Crippen LogP contribution in [0, 0.1) is 11.6 Å². The fourth-order valence-electron chi connectivity index (χ4n) is 2.09. The van der Waals surface area contributed by atoms with E-state index in [0.717, 1.165) is 6.07 Å². The van der Waals surface area contributed by atoms with Gasteiger partial charge in [0.05, 0.1) is 29.5 Å². The first kappa shape index (κ1) is 15.9. The summed E-state index contributed by atoms with van der Waals surface area (Å²) >= 11 is 5.83. The molecule has 2 heterocycles. The summed E-state index contributed by atoms with van der Waals surface area (Å²) in [6.45, 7) is 0. The molecule has 0 fully saturated rings. The molecule has 2 aromatic heterocycles. The highest BCUT2D eigenvalue weighted by atomic mass is 35.5. The summed E-state index contributed by atoms with van der Waals surface area (Å²) in [7, 11) is 1.69. The van der Waals surface area contributed by atoms with E-state index in [1.54, 1.807) is 13.2 Å². The first-order chi connectivity index (χ1) is 11.4. The largest absolute Gasteiger partial charge is 0.396 e. The number of nitrogens with zero attached hydrogens (tertiary/aromatic N) is 5. The maximum atomic E-state index is 14.4. The zero-order valence-corrected chi connectivity index (χ0v) is 13.2. The van der Waals surface area contributed by atoms with Crippen LogP contribution < -0.4 is 16.4 Å². The van der Waals surface area contributed by atoms with Crippen molar-refractivity contribution in [2.45, 2.75) is 0 Å². The van der Waals surface area contributed by atoms with Gasteiger partial charge in [0, 0.05) is 19.3 Å². The summed E-state index contributed by atoms with van der Waals surface area (Å²) < 4.78 is 29.3. The van der Waals surface area contributed by atoms with Crippen molar-refractivity contribution in [3.8, 4) is 0 Å². The average Bonchev–Trinajstić information content (AvgIpc) is 2.94. The molecule has 0 aliphatic rings. The SMILES string of the molecule is Cn1cc(N(c2ncc(Cl)c(N)n2)c2cc(N)c(F)cc2F)cn1. The summed E-state index contributed by atoms with van der Waals surface area (Å²) in [5.74, 6) is -1.65. The van der Waals surface area contributed by atoms with Gasteiger partial charge in [-0.2, -0.15) is 10.1 Å². The number of hydrogen-bond donors (Lipinski definition) is 2. The van der Waals surface area contributed by atoms with Gasteiger partial charge in [-0.25, -0.2) is 13.8 Å². The summed E-state index contributed by atoms with van der Waals surface area (Å²) in [6.07, 6.45) is 4.35. The highest BCUT2D eigenvalue weighted by Gasteiger charge is 2.22. The highest BCUT2D eigenvalue weighted by Crippen LogP contribution is 2.36. The lowest BCUT2D eigenvalue weighted by Crippen LogP contribution is -2.16. The van der Waals surface area contributed by atoms with E-state index in [0.29, 0.717) is 11.8 Å². The molecular formula is C14H12ClF2N7. The van der Waals surface area contributed by atoms with Gasteiger partial charge in [-0.15, -0.1) is 0 Å². The molecule has 7 nitrogen and oxygen atoms in total. The molecule has 0 saturated carbocycles. The van der Waals surface area contributed by atoms with Crippen LogP contribution in [0.15, 0.2) is 30.7 Å². The number of rotatable bonds is 3. The van der Waals surface area contributed by atoms with Crippen LogP contribution in [-0.2, 0) is 7.05 Å². The predicted molar refractivity (Wildman–Crippen MR) is 87.2 cm³/mol. The summed E-state index contributed by atoms with van der Waals surface area (Å²) in [4.78, 5) is 9.42. The van der Waals surface area contributed by atoms with Crippen molar-refractivity contribution < 1.29 is 8.78 Å². The third kappa shape index (κ3) is 2.81. The molecule has 0 radical (unpaired) electrons. The molecule has 0 atom stereocenters. The molecule has 0 spiro atoms. The van der Waals surface area contributed by atoms with Crippen molar-refractivity contribution in [1.29, 1.82) is 0 Å². The fourth-order valence-corrected chi connectivity index (χ4v) is 2.18. The second-order valence-electron chi connectivity index (χ2n) is 4.94. The molecule has 124 valence electrons. The minimum atomic E-state index is -0.862. The van der Waals surface area contributed by atoms with Gasteiger partial charge < -0.3 is 11.5 Å². The minimum Gasteiger partial charge on any atom is -0.396 e. The summed E-state index contributed by atoms with van der Waals surface area (Å²) in [5, 5.41) is 4.19. The number of nitrogen functional groups attached to an aromatic ring is 2. The van der Waals surface area contributed by atoms with Gasteiger partial charge in [-0.05, 0) is 6.07 Å². The fraction of sp³-hybridized carbons (Fsp3) is 0.0714. The molecule has 3 aromatic rings. The van der Waals surface area contributed by atoms with Crippen molar-refractivity contribution in [2.75, 3.05) is 16.4 Å². The normalized spacial score (nSPS) is 10.8. The van der Waals surface area contributed by atoms with Crippen molar-refractivity contribution in [3.63, 3.8) is 0 Å². The van der Waals surface area contributed by atoms with Gasteiger partial charge in [0.1, 0.15) is 22.5 Å². The van der Waals surface area contributed by atoms with Gasteiger partial charge >= 0.3 is 0 Å². The van der Waals surface area contributed by atoms with E-state index in [1.807, 2.05) is 0 Å². The van der Waals surface area contributed by atoms with Crippen LogP contribution in [0.5, 0.6) is 0 Å². The lowest BCUT2D eigenvalue weighted by atomic mass is 10.2. The van der Waals surface area contributed by atoms with E-state index in [-0.39, 0.29) is 28.2 Å². The van der Waals surface area contributed by atoms with Gasteiger partial charge in [0.2, 0.25) is 5.95 Å². The summed E-state index contributed by atoms with van der Waals surface area (Å²) in [5.41, 5.74) is 11.4. The minimum absolute atomic E-state index is 0.0195. The van der Waals surface area contributed by atoms with Crippen LogP contribution in [0.4, 0.5) is 37.6 Å². The Bertz CT molecular complexity index is 912. The van der Waals surface area contributed by atoms with Gasteiger partial charge in [-0.1, -0.05) is 11.6 Å². The van der Waals surface area contributed by atoms with Crippen LogP contribution >= 0.6 is 11.6 Å². The molecule has 4 N–H and O–H groups in total. The second-order valence-corrected chi connectivity index (χ2v) is 5.34. The lowest BCUT2D eigenvalue weighted by molar-refractivity contribution is 0.587. The van der Waals surface area contributed by atoms with E-state index in [1.165, 1.54) is 22.0 Å². The molecule has 1 aromatic carbocycles. The Kier molecular flexibility index (Phi) is 3.94. The molecule has 0 unspecified atom stereocenters. The molecule has 0 saturated heterocycles. The molecule has 3 rings (SSSR count). The number of anilines is 5. The maximum Gasteiger partial charge on any atom is 0.236 e. The second kappa shape index (κ2) is 5.93. The molecule has 0 amide bonds. The molecular weight excluding hydrogens is 340 g/mol. The Morgan fingerprint density at radius 1 is 1.17 bits per heavy atom. The average molecular weight is 352 g/mol. The Morgan fingerprint density at radius 2 is 1.92 bits per heavy atom. The topological polar surface area (TPSA) is 98.9 Å². The standard InChI is InChI=1S/C14H12ClF2N7/c1-23-6-7(4-21-23)24(14-20-5-8(15)13(19)22-14)12-3-11(18)9(16)2-10(12)17/h2-6H,18H2,1H3,(H2,19,20,22). The number of aromatic nitrogens is 4. The zero-order valence-electron chi connectivity index (χ0n) is 12.4. The van der Waals surface area contributed by atoms with Crippen LogP contribution in [0.1, 0.15) is 0 Å². The molecule has 10 heteroatoms. The van der Waals surface area contributed by atoms with E-state index < -0.39 is 11.6 Å². The third-order valence-corrected chi connectivity index (χ3v) is 3.51. The summed E-state index contributed by atoms with van der Waals surface area (Å²) in [6, 6.07) is 1.83. The van der Waals surface area contributed by atoms with Crippen LogP contribution in [0.2, 0.25) is 5.02 Å². The van der Waals surface area contributed by atoms with E-state index in [9.17, 15) is 8.78 Å². The zero-order chi connectivity index (χ0) is 17.4. The number of aryl methyl sites for hydroxylation is 1. The Labute approximate surface area is 140 Å². The first-order valence-electron chi connectivity index (χ1n) is 6.68. The Balaban J connectivity index is 2.23. The van der Waals surface area contributed by atoms with E-state index in [2.05, 4.69) is 15.1 Å². The first-order valence-corrected chi connectivity index (χ1v) is 7.06. The van der Waals surface area contributed by atoms with E-state index in [4.69, 9.17) is 23.1 Å². The molecule has 0 aliphatic carbocycles. The van der Waals surface area contributed by atoms with Crippen molar-refractivity contribution >= 4 is 40.4 Å². The highest BCUT2D eigenvalue weighted by molar-refractivity contribution is 6.32. The van der Waals surface area contributed by atoms with Crippen molar-refractivity contribution in [1.82, 2.24) is 19.7 Å². The Morgan fingerprint density at radius 3 is 2.54 bits per heavy atom. The number of hydrogen-bond acceptors (Lipinski definition) is 6. The molecule has 24 heavy (non-hydrogen) atoms. The van der Waals surface area contributed by atoms with Gasteiger partial charge in [0.15, 0.2) is 0 Å². The predicted octanol–water partition coefficient (Wildman–Crippen LogP) is 2.78. The number of halogens is 3. The lowest BCUT2D eigenvalue weighted by Gasteiger charge is -2.22. The van der Waals surface area contributed by atoms with Gasteiger partial charge in [-0.3, -0.25) is 9.58 Å². The number of benzene rings is 1. The van der Waals surface area contributed by atoms with Crippen molar-refractivity contribution in [3.05, 3.63) is 47.4 Å². The monoisotopic (exact) mass is 351 g/mol. The quantitative estimate of drug-likeness (QED) is 0.704. The van der Waals surface area contributed by atoms with Crippen LogP contribution in [-0.4, -0.2) is 19.7 Å².